The van der Waals surface area contributed by atoms with E-state index >= 15 is 0 Å². The second-order valence-corrected chi connectivity index (χ2v) is 6.95. The van der Waals surface area contributed by atoms with Crippen LogP contribution in [-0.4, -0.2) is 43.1 Å². The van der Waals surface area contributed by atoms with Gasteiger partial charge in [0.25, 0.3) is 0 Å². The minimum atomic E-state index is -0.979. The number of rotatable bonds is 4. The molecule has 3 aliphatic heterocycles. The highest BCUT2D eigenvalue weighted by Gasteiger charge is 2.24. The van der Waals surface area contributed by atoms with Crippen molar-refractivity contribution in [2.24, 2.45) is 0 Å². The molecule has 0 spiro atoms. The van der Waals surface area contributed by atoms with Crippen LogP contribution in [0.25, 0.3) is 28.3 Å². The summed E-state index contributed by atoms with van der Waals surface area (Å²) < 4.78 is 34.6. The zero-order valence-electron chi connectivity index (χ0n) is 16.1. The lowest BCUT2D eigenvalue weighted by Crippen LogP contribution is -2.11. The van der Waals surface area contributed by atoms with Crippen molar-refractivity contribution in [1.29, 1.82) is 0 Å². The molecule has 5 rings (SSSR count). The molecule has 0 amide bonds. The third kappa shape index (κ3) is 3.20. The lowest BCUT2D eigenvalue weighted by Gasteiger charge is -2.08. The summed E-state index contributed by atoms with van der Waals surface area (Å²) in [4.78, 5) is 14.1. The van der Waals surface area contributed by atoms with Crippen molar-refractivity contribution in [3.63, 3.8) is 0 Å². The standard InChI is InChI=1S/C20H16F2N6O2/c1-11-14(9-27(2)30-11)16-6-12(29-26-16)8-28-10-18-17(7-23-28)24-20(25-18)13-4-3-5-15(21)19(13)22/h3-7,9-11H,8H2,1-2H3. The Morgan fingerprint density at radius 2 is 1.97 bits per heavy atom. The highest BCUT2D eigenvalue weighted by atomic mass is 19.2. The van der Waals surface area contributed by atoms with Gasteiger partial charge in [0.2, 0.25) is 0 Å². The highest BCUT2D eigenvalue weighted by molar-refractivity contribution is 5.67. The van der Waals surface area contributed by atoms with Gasteiger partial charge in [0.15, 0.2) is 23.2 Å². The molecule has 1 atom stereocenters. The van der Waals surface area contributed by atoms with Crippen LogP contribution in [0.15, 0.2) is 47.4 Å². The summed E-state index contributed by atoms with van der Waals surface area (Å²) in [7, 11) is 1.81. The highest BCUT2D eigenvalue weighted by Crippen LogP contribution is 2.28. The van der Waals surface area contributed by atoms with E-state index < -0.39 is 11.6 Å². The zero-order valence-corrected chi connectivity index (χ0v) is 16.1. The van der Waals surface area contributed by atoms with E-state index in [0.717, 1.165) is 11.6 Å². The van der Waals surface area contributed by atoms with Gasteiger partial charge in [-0.05, 0) is 19.1 Å². The number of benzene rings is 1. The fraction of sp³-hybridized carbons (Fsp3) is 0.200. The summed E-state index contributed by atoms with van der Waals surface area (Å²) in [5.41, 5.74) is 2.60. The lowest BCUT2D eigenvalue weighted by atomic mass is 10.1. The Kier molecular flexibility index (Phi) is 4.28. The van der Waals surface area contributed by atoms with Gasteiger partial charge in [0.05, 0.1) is 18.0 Å². The topological polar surface area (TPSA) is 82.1 Å². The van der Waals surface area contributed by atoms with Crippen molar-refractivity contribution < 1.29 is 18.1 Å². The van der Waals surface area contributed by atoms with Crippen LogP contribution in [0, 0.1) is 11.6 Å². The van der Waals surface area contributed by atoms with Crippen molar-refractivity contribution in [1.82, 2.24) is 30.0 Å². The summed E-state index contributed by atoms with van der Waals surface area (Å²) in [5.74, 6) is -1.22. The predicted octanol–water partition coefficient (Wildman–Crippen LogP) is 3.37. The van der Waals surface area contributed by atoms with E-state index in [-0.39, 0.29) is 17.5 Å². The van der Waals surface area contributed by atoms with E-state index in [1.807, 2.05) is 26.2 Å². The number of imidazole rings is 1. The quantitative estimate of drug-likeness (QED) is 0.510. The van der Waals surface area contributed by atoms with Gasteiger partial charge in [0, 0.05) is 24.9 Å². The molecule has 0 bridgehead atoms. The van der Waals surface area contributed by atoms with E-state index in [4.69, 9.17) is 9.36 Å². The molecule has 0 saturated carbocycles. The molecule has 2 aromatic rings. The Bertz CT molecular complexity index is 1230. The third-order valence-electron chi connectivity index (χ3n) is 4.76. The summed E-state index contributed by atoms with van der Waals surface area (Å²) >= 11 is 0. The zero-order chi connectivity index (χ0) is 20.8. The molecule has 152 valence electrons. The first-order chi connectivity index (χ1) is 14.5. The predicted molar refractivity (Wildman–Crippen MR) is 102 cm³/mol. The van der Waals surface area contributed by atoms with Crippen LogP contribution in [0.2, 0.25) is 0 Å². The maximum atomic E-state index is 14.1. The summed E-state index contributed by atoms with van der Waals surface area (Å²) in [6, 6.07) is 5.73. The Morgan fingerprint density at radius 1 is 1.13 bits per heavy atom. The van der Waals surface area contributed by atoms with Crippen molar-refractivity contribution >= 4 is 5.57 Å². The first-order valence-corrected chi connectivity index (χ1v) is 9.20. The van der Waals surface area contributed by atoms with Gasteiger partial charge in [-0.1, -0.05) is 11.2 Å². The maximum absolute atomic E-state index is 14.1. The number of hydrogen-bond acceptors (Lipinski definition) is 7. The minimum absolute atomic E-state index is 0.00349. The number of halogens is 2. The van der Waals surface area contributed by atoms with E-state index in [0.29, 0.717) is 29.4 Å². The number of aromatic nitrogens is 5. The van der Waals surface area contributed by atoms with Crippen molar-refractivity contribution in [2.45, 2.75) is 19.6 Å². The molecule has 30 heavy (non-hydrogen) atoms. The monoisotopic (exact) mass is 410 g/mol. The number of hydrogen-bond donors (Lipinski definition) is 0. The smallest absolute Gasteiger partial charge is 0.169 e. The van der Waals surface area contributed by atoms with Crippen LogP contribution in [-0.2, 0) is 11.4 Å². The van der Waals surface area contributed by atoms with Crippen molar-refractivity contribution in [3.05, 3.63) is 65.9 Å². The average molecular weight is 410 g/mol. The van der Waals surface area contributed by atoms with Gasteiger partial charge >= 0.3 is 0 Å². The summed E-state index contributed by atoms with van der Waals surface area (Å²) in [6.07, 6.45) is 4.93. The van der Waals surface area contributed by atoms with E-state index in [2.05, 4.69) is 20.2 Å². The number of fused-ring (bicyclic) bond motifs is 1. The normalized spacial score (nSPS) is 16.5. The second kappa shape index (κ2) is 6.99. The molecule has 0 fully saturated rings. The number of nitrogens with zero attached hydrogens (tertiary/aromatic N) is 6. The van der Waals surface area contributed by atoms with Gasteiger partial charge in [-0.3, -0.25) is 14.6 Å². The van der Waals surface area contributed by atoms with Gasteiger partial charge in [-0.25, -0.2) is 18.7 Å². The van der Waals surface area contributed by atoms with Crippen LogP contribution in [0.5, 0.6) is 0 Å². The molecule has 0 saturated heterocycles. The third-order valence-corrected chi connectivity index (χ3v) is 4.76. The molecule has 0 N–H and O–H groups in total. The first kappa shape index (κ1) is 18.4. The SMILES string of the molecule is CC1ON(C)C=C1c1cc(Cn2cc3nc(-c4cccc(F)c4F)nc-3cn2)on1. The molecule has 0 radical (unpaired) electrons. The molecule has 1 aromatic heterocycles. The Hall–Kier alpha value is -3.66. The number of hydroxylamine groups is 2. The summed E-state index contributed by atoms with van der Waals surface area (Å²) in [6.45, 7) is 2.25. The Balaban J connectivity index is 1.41. The van der Waals surface area contributed by atoms with Crippen LogP contribution >= 0.6 is 0 Å². The molecular formula is C20H16F2N6O2. The lowest BCUT2D eigenvalue weighted by molar-refractivity contribution is -0.102. The van der Waals surface area contributed by atoms with Gasteiger partial charge < -0.3 is 4.52 Å². The van der Waals surface area contributed by atoms with Crippen molar-refractivity contribution in [3.8, 4) is 22.8 Å². The molecular weight excluding hydrogens is 394 g/mol. The molecule has 3 aliphatic rings. The van der Waals surface area contributed by atoms with Gasteiger partial charge in [0.1, 0.15) is 29.7 Å². The van der Waals surface area contributed by atoms with Gasteiger partial charge in [-0.2, -0.15) is 5.10 Å². The Morgan fingerprint density at radius 3 is 2.77 bits per heavy atom. The first-order valence-electron chi connectivity index (χ1n) is 9.20. The van der Waals surface area contributed by atoms with Crippen LogP contribution in [0.3, 0.4) is 0 Å². The van der Waals surface area contributed by atoms with Gasteiger partial charge in [-0.15, -0.1) is 0 Å². The van der Waals surface area contributed by atoms with Crippen LogP contribution < -0.4 is 0 Å². The minimum Gasteiger partial charge on any atom is -0.359 e. The van der Waals surface area contributed by atoms with Crippen molar-refractivity contribution in [2.75, 3.05) is 7.05 Å². The largest absolute Gasteiger partial charge is 0.359 e. The maximum Gasteiger partial charge on any atom is 0.169 e. The Labute approximate surface area is 169 Å². The van der Waals surface area contributed by atoms with Crippen LogP contribution in [0.1, 0.15) is 18.4 Å². The van der Waals surface area contributed by atoms with Crippen LogP contribution in [0.4, 0.5) is 8.78 Å². The second-order valence-electron chi connectivity index (χ2n) is 6.95. The fourth-order valence-electron chi connectivity index (χ4n) is 3.34. The van der Waals surface area contributed by atoms with E-state index in [1.54, 1.807) is 15.9 Å². The molecule has 4 heterocycles. The molecule has 0 aliphatic carbocycles. The molecule has 1 aromatic carbocycles. The fourth-order valence-corrected chi connectivity index (χ4v) is 3.34. The van der Waals surface area contributed by atoms with E-state index in [9.17, 15) is 8.78 Å². The molecule has 10 heteroatoms. The molecule has 8 nitrogen and oxygen atoms in total. The average Bonchev–Trinajstić information content (AvgIpc) is 3.42. The molecule has 1 unspecified atom stereocenters. The summed E-state index contributed by atoms with van der Waals surface area (Å²) in [5, 5.41) is 10.0. The van der Waals surface area contributed by atoms with E-state index in [1.165, 1.54) is 18.3 Å².